The SMILES string of the molecule is C=CC1CC1.CC.CCC1C(C)CCN1C. The minimum absolute atomic E-state index is 0.866. The number of nitrogens with zero attached hydrogens (tertiary/aromatic N) is 1. The van der Waals surface area contributed by atoms with Gasteiger partial charge in [-0.3, -0.25) is 0 Å². The van der Waals surface area contributed by atoms with Crippen LogP contribution in [0.1, 0.15) is 53.4 Å². The molecule has 1 heterocycles. The average molecular weight is 225 g/mol. The lowest BCUT2D eigenvalue weighted by Gasteiger charge is -2.20. The van der Waals surface area contributed by atoms with Crippen molar-refractivity contribution in [3.8, 4) is 0 Å². The van der Waals surface area contributed by atoms with E-state index in [4.69, 9.17) is 0 Å². The lowest BCUT2D eigenvalue weighted by molar-refractivity contribution is 0.272. The van der Waals surface area contributed by atoms with Gasteiger partial charge in [0.05, 0.1) is 0 Å². The molecule has 96 valence electrons. The largest absolute Gasteiger partial charge is 0.303 e. The zero-order valence-corrected chi connectivity index (χ0v) is 12.0. The van der Waals surface area contributed by atoms with Gasteiger partial charge in [0.2, 0.25) is 0 Å². The molecule has 1 nitrogen and oxygen atoms in total. The van der Waals surface area contributed by atoms with Crippen molar-refractivity contribution >= 4 is 0 Å². The van der Waals surface area contributed by atoms with Crippen LogP contribution >= 0.6 is 0 Å². The van der Waals surface area contributed by atoms with Crippen LogP contribution in [-0.4, -0.2) is 24.5 Å². The summed E-state index contributed by atoms with van der Waals surface area (Å²) in [5.41, 5.74) is 0. The van der Waals surface area contributed by atoms with Gasteiger partial charge in [-0.1, -0.05) is 33.8 Å². The average Bonchev–Trinajstić information content (AvgIpc) is 3.10. The Hall–Kier alpha value is -0.300. The molecule has 2 fully saturated rings. The zero-order valence-electron chi connectivity index (χ0n) is 12.0. The van der Waals surface area contributed by atoms with Crippen LogP contribution in [0.5, 0.6) is 0 Å². The van der Waals surface area contributed by atoms with Crippen LogP contribution < -0.4 is 0 Å². The van der Waals surface area contributed by atoms with Gasteiger partial charge in [-0.2, -0.15) is 0 Å². The van der Waals surface area contributed by atoms with Gasteiger partial charge in [0.1, 0.15) is 0 Å². The minimum atomic E-state index is 0.866. The molecular formula is C15H31N. The molecule has 0 bridgehead atoms. The smallest absolute Gasteiger partial charge is 0.0116 e. The minimum Gasteiger partial charge on any atom is -0.303 e. The lowest BCUT2D eigenvalue weighted by Crippen LogP contribution is -2.27. The molecule has 0 N–H and O–H groups in total. The third-order valence-electron chi connectivity index (χ3n) is 3.53. The maximum atomic E-state index is 3.62. The standard InChI is InChI=1S/C8H17N.C5H8.C2H6/c1-4-8-7(2)5-6-9(8)3;1-2-5-3-4-5;1-2/h7-8H,4-6H2,1-3H3;2,5H,1,3-4H2;1-2H3. The number of rotatable bonds is 2. The summed E-state index contributed by atoms with van der Waals surface area (Å²) in [6.45, 7) is 13.6. The van der Waals surface area contributed by atoms with E-state index in [0.717, 1.165) is 17.9 Å². The summed E-state index contributed by atoms with van der Waals surface area (Å²) < 4.78 is 0. The first-order valence-electron chi connectivity index (χ1n) is 7.01. The molecule has 16 heavy (non-hydrogen) atoms. The molecule has 2 atom stereocenters. The van der Waals surface area contributed by atoms with Crippen molar-refractivity contribution in [3.63, 3.8) is 0 Å². The van der Waals surface area contributed by atoms with E-state index in [1.807, 2.05) is 19.9 Å². The van der Waals surface area contributed by atoms with Crippen LogP contribution in [0.25, 0.3) is 0 Å². The second-order valence-corrected chi connectivity index (χ2v) is 4.80. The van der Waals surface area contributed by atoms with Crippen LogP contribution in [0.2, 0.25) is 0 Å². The van der Waals surface area contributed by atoms with E-state index in [0.29, 0.717) is 0 Å². The highest BCUT2D eigenvalue weighted by atomic mass is 15.1. The molecule has 1 aliphatic heterocycles. The maximum Gasteiger partial charge on any atom is 0.0116 e. The quantitative estimate of drug-likeness (QED) is 0.632. The molecule has 0 radical (unpaired) electrons. The van der Waals surface area contributed by atoms with Crippen molar-refractivity contribution < 1.29 is 0 Å². The van der Waals surface area contributed by atoms with E-state index < -0.39 is 0 Å². The number of allylic oxidation sites excluding steroid dienone is 1. The van der Waals surface area contributed by atoms with Crippen molar-refractivity contribution in [1.29, 1.82) is 0 Å². The Bertz CT molecular complexity index is 162. The molecule has 2 unspecified atom stereocenters. The highest BCUT2D eigenvalue weighted by Gasteiger charge is 2.25. The third-order valence-corrected chi connectivity index (χ3v) is 3.53. The molecular weight excluding hydrogens is 194 g/mol. The first kappa shape index (κ1) is 15.7. The summed E-state index contributed by atoms with van der Waals surface area (Å²) in [6, 6.07) is 0.866. The van der Waals surface area contributed by atoms with Crippen LogP contribution in [0.15, 0.2) is 12.7 Å². The second-order valence-electron chi connectivity index (χ2n) is 4.80. The van der Waals surface area contributed by atoms with Gasteiger partial charge in [0.15, 0.2) is 0 Å². The van der Waals surface area contributed by atoms with Crippen molar-refractivity contribution in [1.82, 2.24) is 4.90 Å². The topological polar surface area (TPSA) is 3.24 Å². The molecule has 2 rings (SSSR count). The van der Waals surface area contributed by atoms with Crippen molar-refractivity contribution in [2.75, 3.05) is 13.6 Å². The fourth-order valence-corrected chi connectivity index (χ4v) is 2.25. The van der Waals surface area contributed by atoms with E-state index in [1.54, 1.807) is 0 Å². The van der Waals surface area contributed by atoms with E-state index in [1.165, 1.54) is 32.2 Å². The molecule has 1 saturated carbocycles. The molecule has 0 spiro atoms. The first-order valence-corrected chi connectivity index (χ1v) is 7.01. The van der Waals surface area contributed by atoms with Gasteiger partial charge in [0.25, 0.3) is 0 Å². The van der Waals surface area contributed by atoms with Crippen LogP contribution in [-0.2, 0) is 0 Å². The Kier molecular flexibility index (Phi) is 8.64. The Morgan fingerprint density at radius 2 is 1.81 bits per heavy atom. The number of hydrogen-bond acceptors (Lipinski definition) is 1. The molecule has 1 heteroatoms. The maximum absolute atomic E-state index is 3.62. The van der Waals surface area contributed by atoms with Crippen molar-refractivity contribution in [2.45, 2.75) is 59.4 Å². The fourth-order valence-electron chi connectivity index (χ4n) is 2.25. The van der Waals surface area contributed by atoms with Crippen molar-refractivity contribution in [2.24, 2.45) is 11.8 Å². The number of likely N-dealkylation sites (tertiary alicyclic amines) is 1. The Morgan fingerprint density at radius 1 is 1.25 bits per heavy atom. The zero-order chi connectivity index (χ0) is 12.6. The lowest BCUT2D eigenvalue weighted by atomic mass is 10.0. The van der Waals surface area contributed by atoms with Gasteiger partial charge >= 0.3 is 0 Å². The summed E-state index contributed by atoms with van der Waals surface area (Å²) in [6.07, 6.45) is 7.53. The van der Waals surface area contributed by atoms with Crippen molar-refractivity contribution in [3.05, 3.63) is 12.7 Å². The van der Waals surface area contributed by atoms with Gasteiger partial charge in [-0.15, -0.1) is 6.58 Å². The third kappa shape index (κ3) is 5.69. The first-order chi connectivity index (χ1) is 7.69. The van der Waals surface area contributed by atoms with E-state index in [-0.39, 0.29) is 0 Å². The monoisotopic (exact) mass is 225 g/mol. The van der Waals surface area contributed by atoms with Gasteiger partial charge in [-0.05, 0) is 51.1 Å². The van der Waals surface area contributed by atoms with Gasteiger partial charge < -0.3 is 4.90 Å². The van der Waals surface area contributed by atoms with Crippen LogP contribution in [0.4, 0.5) is 0 Å². The highest BCUT2D eigenvalue weighted by molar-refractivity contribution is 4.88. The Labute approximate surface area is 103 Å². The molecule has 2 aliphatic rings. The Balaban J connectivity index is 0.000000272. The second kappa shape index (κ2) is 8.81. The highest BCUT2D eigenvalue weighted by Crippen LogP contribution is 2.29. The molecule has 1 aliphatic carbocycles. The van der Waals surface area contributed by atoms with E-state index >= 15 is 0 Å². The van der Waals surface area contributed by atoms with Gasteiger partial charge in [-0.25, -0.2) is 0 Å². The molecule has 0 aromatic carbocycles. The Morgan fingerprint density at radius 3 is 1.94 bits per heavy atom. The van der Waals surface area contributed by atoms with Crippen LogP contribution in [0, 0.1) is 11.8 Å². The van der Waals surface area contributed by atoms with Crippen LogP contribution in [0.3, 0.4) is 0 Å². The van der Waals surface area contributed by atoms with E-state index in [2.05, 4.69) is 32.4 Å². The van der Waals surface area contributed by atoms with E-state index in [9.17, 15) is 0 Å². The predicted molar refractivity (Wildman–Crippen MR) is 74.8 cm³/mol. The van der Waals surface area contributed by atoms with Gasteiger partial charge in [0, 0.05) is 6.04 Å². The summed E-state index contributed by atoms with van der Waals surface area (Å²) >= 11 is 0. The summed E-state index contributed by atoms with van der Waals surface area (Å²) in [4.78, 5) is 2.48. The molecule has 1 saturated heterocycles. The molecule has 0 aromatic rings. The number of hydrogen-bond donors (Lipinski definition) is 0. The summed E-state index contributed by atoms with van der Waals surface area (Å²) in [7, 11) is 2.23. The molecule has 0 amide bonds. The predicted octanol–water partition coefficient (Wildman–Crippen LogP) is 4.35. The fraction of sp³-hybridized carbons (Fsp3) is 0.867. The normalized spacial score (nSPS) is 28.6. The summed E-state index contributed by atoms with van der Waals surface area (Å²) in [5, 5.41) is 0. The summed E-state index contributed by atoms with van der Waals surface area (Å²) in [5.74, 6) is 1.83. The molecule has 0 aromatic heterocycles.